The maximum atomic E-state index is 12.8. The Labute approximate surface area is 176 Å². The second kappa shape index (κ2) is 9.09. The van der Waals surface area contributed by atoms with E-state index in [-0.39, 0.29) is 5.91 Å². The number of rotatable bonds is 6. The number of benzene rings is 1. The number of carbonyl (C=O) groups is 1. The van der Waals surface area contributed by atoms with E-state index in [2.05, 4.69) is 15.1 Å². The third-order valence-electron chi connectivity index (χ3n) is 6.16. The van der Waals surface area contributed by atoms with Crippen molar-refractivity contribution in [2.24, 2.45) is 0 Å². The van der Waals surface area contributed by atoms with Crippen LogP contribution in [0, 0.1) is 4.77 Å². The molecule has 1 saturated heterocycles. The van der Waals surface area contributed by atoms with Crippen LogP contribution in [0.15, 0.2) is 24.3 Å². The molecule has 0 atom stereocenters. The zero-order valence-corrected chi connectivity index (χ0v) is 17.8. The van der Waals surface area contributed by atoms with Gasteiger partial charge < -0.3 is 9.64 Å². The van der Waals surface area contributed by atoms with Crippen molar-refractivity contribution < 1.29 is 9.53 Å². The Morgan fingerprint density at radius 3 is 2.52 bits per heavy atom. The number of ether oxygens (including phenoxy) is 1. The summed E-state index contributed by atoms with van der Waals surface area (Å²) in [5, 5.41) is 7.22. The number of aromatic nitrogens is 3. The van der Waals surface area contributed by atoms with Gasteiger partial charge in [0.15, 0.2) is 10.6 Å². The predicted molar refractivity (Wildman–Crippen MR) is 114 cm³/mol. The summed E-state index contributed by atoms with van der Waals surface area (Å²) in [6.45, 7) is 4.19. The Hall–Kier alpha value is -2.19. The van der Waals surface area contributed by atoms with Gasteiger partial charge in [-0.3, -0.25) is 19.4 Å². The first-order valence-corrected chi connectivity index (χ1v) is 10.9. The number of nitrogens with one attached hydrogen (secondary N) is 1. The molecule has 2 aliphatic rings. The molecule has 29 heavy (non-hydrogen) atoms. The number of aromatic amines is 1. The lowest BCUT2D eigenvalue weighted by atomic mass is 10.1. The van der Waals surface area contributed by atoms with Crippen LogP contribution in [0.2, 0.25) is 0 Å². The van der Waals surface area contributed by atoms with Crippen molar-refractivity contribution in [1.29, 1.82) is 0 Å². The van der Waals surface area contributed by atoms with Crippen LogP contribution in [0.4, 0.5) is 0 Å². The van der Waals surface area contributed by atoms with Crippen molar-refractivity contribution >= 4 is 18.1 Å². The van der Waals surface area contributed by atoms with E-state index in [1.165, 1.54) is 25.7 Å². The van der Waals surface area contributed by atoms with Crippen LogP contribution in [-0.2, 0) is 11.3 Å². The second-order valence-electron chi connectivity index (χ2n) is 7.84. The Balaban J connectivity index is 1.35. The van der Waals surface area contributed by atoms with E-state index in [9.17, 15) is 4.79 Å². The highest BCUT2D eigenvalue weighted by atomic mass is 32.1. The molecule has 8 heteroatoms. The highest BCUT2D eigenvalue weighted by molar-refractivity contribution is 7.71. The number of methoxy groups -OCH3 is 1. The minimum absolute atomic E-state index is 0.194. The molecule has 156 valence electrons. The summed E-state index contributed by atoms with van der Waals surface area (Å²) < 4.78 is 7.66. The van der Waals surface area contributed by atoms with Crippen molar-refractivity contribution in [3.63, 3.8) is 0 Å². The highest BCUT2D eigenvalue weighted by Crippen LogP contribution is 2.25. The lowest BCUT2D eigenvalue weighted by Gasteiger charge is -2.38. The molecule has 1 aromatic carbocycles. The molecule has 1 aliphatic heterocycles. The van der Waals surface area contributed by atoms with E-state index < -0.39 is 0 Å². The molecule has 0 unspecified atom stereocenters. The van der Waals surface area contributed by atoms with Gasteiger partial charge in [0.25, 0.3) is 0 Å². The molecular formula is C21H29N5O2S. The number of hydrogen-bond donors (Lipinski definition) is 1. The molecule has 0 bridgehead atoms. The first kappa shape index (κ1) is 20.1. The second-order valence-corrected chi connectivity index (χ2v) is 8.22. The van der Waals surface area contributed by atoms with Gasteiger partial charge in [-0.1, -0.05) is 12.8 Å². The number of hydrogen-bond acceptors (Lipinski definition) is 5. The van der Waals surface area contributed by atoms with E-state index in [1.54, 1.807) is 7.11 Å². The maximum absolute atomic E-state index is 12.8. The van der Waals surface area contributed by atoms with Gasteiger partial charge in [0.05, 0.1) is 7.11 Å². The van der Waals surface area contributed by atoms with Crippen LogP contribution in [0.1, 0.15) is 32.1 Å². The minimum Gasteiger partial charge on any atom is -0.497 e. The monoisotopic (exact) mass is 415 g/mol. The number of carbonyl (C=O) groups excluding carboxylic acids is 1. The predicted octanol–water partition coefficient (Wildman–Crippen LogP) is 3.09. The van der Waals surface area contributed by atoms with E-state index in [0.29, 0.717) is 17.7 Å². The fraction of sp³-hybridized carbons (Fsp3) is 0.571. The Bertz CT molecular complexity index is 877. The molecule has 1 aromatic heterocycles. The van der Waals surface area contributed by atoms with Gasteiger partial charge in [-0.15, -0.1) is 0 Å². The fourth-order valence-electron chi connectivity index (χ4n) is 4.46. The lowest BCUT2D eigenvalue weighted by Crippen LogP contribution is -2.51. The van der Waals surface area contributed by atoms with Gasteiger partial charge in [0.1, 0.15) is 5.75 Å². The SMILES string of the molecule is COc1ccc(-c2n[nH]c(=S)n2CCC(=O)N2CCN(C3CCCC3)CC2)cc1. The van der Waals surface area contributed by atoms with Crippen LogP contribution >= 0.6 is 12.2 Å². The van der Waals surface area contributed by atoms with Gasteiger partial charge in [-0.2, -0.15) is 5.10 Å². The average Bonchev–Trinajstić information content (AvgIpc) is 3.42. The largest absolute Gasteiger partial charge is 0.497 e. The molecule has 2 heterocycles. The average molecular weight is 416 g/mol. The third kappa shape index (κ3) is 4.53. The number of amides is 1. The van der Waals surface area contributed by atoms with Gasteiger partial charge >= 0.3 is 0 Å². The van der Waals surface area contributed by atoms with Crippen molar-refractivity contribution in [2.75, 3.05) is 33.3 Å². The molecule has 1 saturated carbocycles. The first-order chi connectivity index (χ1) is 14.2. The van der Waals surface area contributed by atoms with E-state index >= 15 is 0 Å². The smallest absolute Gasteiger partial charge is 0.224 e. The Morgan fingerprint density at radius 2 is 1.86 bits per heavy atom. The van der Waals surface area contributed by atoms with Crippen molar-refractivity contribution in [3.8, 4) is 17.1 Å². The van der Waals surface area contributed by atoms with Crippen molar-refractivity contribution in [2.45, 2.75) is 44.7 Å². The molecule has 4 rings (SSSR count). The van der Waals surface area contributed by atoms with Crippen molar-refractivity contribution in [1.82, 2.24) is 24.6 Å². The molecule has 0 radical (unpaired) electrons. The normalized spacial score (nSPS) is 18.3. The molecule has 1 aliphatic carbocycles. The minimum atomic E-state index is 0.194. The third-order valence-corrected chi connectivity index (χ3v) is 6.48. The molecular weight excluding hydrogens is 386 g/mol. The van der Waals surface area contributed by atoms with Crippen LogP contribution in [0.25, 0.3) is 11.4 Å². The van der Waals surface area contributed by atoms with Crippen LogP contribution in [0.3, 0.4) is 0 Å². The van der Waals surface area contributed by atoms with Crippen LogP contribution in [0.5, 0.6) is 5.75 Å². The molecule has 0 spiro atoms. The summed E-state index contributed by atoms with van der Waals surface area (Å²) in [6, 6.07) is 8.43. The summed E-state index contributed by atoms with van der Waals surface area (Å²) in [7, 11) is 1.64. The zero-order valence-electron chi connectivity index (χ0n) is 17.0. The van der Waals surface area contributed by atoms with Gasteiger partial charge in [-0.05, 0) is 49.3 Å². The molecule has 7 nitrogen and oxygen atoms in total. The lowest BCUT2D eigenvalue weighted by molar-refractivity contribution is -0.133. The summed E-state index contributed by atoms with van der Waals surface area (Å²) in [4.78, 5) is 17.4. The standard InChI is InChI=1S/C21H29N5O2S/c1-28-18-8-6-16(7-9-18)20-22-23-21(29)26(20)11-10-19(27)25-14-12-24(13-15-25)17-4-2-3-5-17/h6-9,17H,2-5,10-15H2,1H3,(H,23,29). The summed E-state index contributed by atoms with van der Waals surface area (Å²) in [5.41, 5.74) is 0.941. The molecule has 1 N–H and O–H groups in total. The highest BCUT2D eigenvalue weighted by Gasteiger charge is 2.27. The van der Waals surface area contributed by atoms with Crippen LogP contribution in [-0.4, -0.2) is 69.8 Å². The summed E-state index contributed by atoms with van der Waals surface area (Å²) in [6.07, 6.45) is 5.78. The van der Waals surface area contributed by atoms with E-state index in [1.807, 2.05) is 33.7 Å². The quantitative estimate of drug-likeness (QED) is 0.735. The fourth-order valence-corrected chi connectivity index (χ4v) is 4.68. The summed E-state index contributed by atoms with van der Waals surface area (Å²) in [5.74, 6) is 1.73. The van der Waals surface area contributed by atoms with E-state index in [4.69, 9.17) is 17.0 Å². The topological polar surface area (TPSA) is 66.4 Å². The van der Waals surface area contributed by atoms with E-state index in [0.717, 1.165) is 49.4 Å². The molecule has 1 amide bonds. The number of piperazine rings is 1. The molecule has 2 aromatic rings. The first-order valence-electron chi connectivity index (χ1n) is 10.5. The van der Waals surface area contributed by atoms with Crippen molar-refractivity contribution in [3.05, 3.63) is 29.0 Å². The van der Waals surface area contributed by atoms with Gasteiger partial charge in [-0.25, -0.2) is 0 Å². The summed E-state index contributed by atoms with van der Waals surface area (Å²) >= 11 is 5.40. The Morgan fingerprint density at radius 1 is 1.17 bits per heavy atom. The number of nitrogens with zero attached hydrogens (tertiary/aromatic N) is 4. The molecule has 2 fully saturated rings. The maximum Gasteiger partial charge on any atom is 0.224 e. The zero-order chi connectivity index (χ0) is 20.2. The van der Waals surface area contributed by atoms with Gasteiger partial charge in [0.2, 0.25) is 5.91 Å². The van der Waals surface area contributed by atoms with Crippen LogP contribution < -0.4 is 4.74 Å². The van der Waals surface area contributed by atoms with Gasteiger partial charge in [0, 0.05) is 50.7 Å². The Kier molecular flexibility index (Phi) is 6.30. The number of H-pyrrole nitrogens is 1.